The van der Waals surface area contributed by atoms with E-state index >= 15 is 0 Å². The third-order valence-electron chi connectivity index (χ3n) is 6.13. The smallest absolute Gasteiger partial charge is 0.255 e. The summed E-state index contributed by atoms with van der Waals surface area (Å²) < 4.78 is 13.2. The highest BCUT2D eigenvalue weighted by molar-refractivity contribution is 6.06. The van der Waals surface area contributed by atoms with Gasteiger partial charge in [-0.1, -0.05) is 60.7 Å². The molecule has 1 unspecified atom stereocenters. The Morgan fingerprint density at radius 2 is 1.51 bits per heavy atom. The number of aromatic nitrogens is 1. The van der Waals surface area contributed by atoms with Crippen LogP contribution < -0.4 is 5.32 Å². The number of halogens is 1. The van der Waals surface area contributed by atoms with Gasteiger partial charge in [-0.2, -0.15) is 0 Å². The summed E-state index contributed by atoms with van der Waals surface area (Å²) in [5.41, 5.74) is 6.10. The van der Waals surface area contributed by atoms with E-state index in [2.05, 4.69) is 10.3 Å². The maximum absolute atomic E-state index is 13.2. The molecule has 0 aliphatic carbocycles. The minimum absolute atomic E-state index is 0.228. The van der Waals surface area contributed by atoms with Crippen molar-refractivity contribution in [2.24, 2.45) is 0 Å². The van der Waals surface area contributed by atoms with E-state index in [4.69, 9.17) is 0 Å². The largest absolute Gasteiger partial charge is 0.384 e. The molecule has 0 aliphatic rings. The second kappa shape index (κ2) is 9.49. The first kappa shape index (κ1) is 22.4. The number of rotatable bonds is 5. The number of anilines is 1. The van der Waals surface area contributed by atoms with E-state index < -0.39 is 6.10 Å². The molecule has 0 spiro atoms. The zero-order chi connectivity index (χ0) is 24.4. The summed E-state index contributed by atoms with van der Waals surface area (Å²) in [6, 6.07) is 28.6. The van der Waals surface area contributed by atoms with Crippen LogP contribution in [0.15, 0.2) is 103 Å². The van der Waals surface area contributed by atoms with Crippen molar-refractivity contribution >= 4 is 22.5 Å². The Morgan fingerprint density at radius 3 is 2.20 bits per heavy atom. The van der Waals surface area contributed by atoms with Crippen molar-refractivity contribution in [2.45, 2.75) is 13.0 Å². The molecular formula is C30H23FN2O2. The number of amides is 1. The molecule has 0 fully saturated rings. The van der Waals surface area contributed by atoms with Crippen LogP contribution in [0.4, 0.5) is 10.1 Å². The maximum Gasteiger partial charge on any atom is 0.255 e. The van der Waals surface area contributed by atoms with Gasteiger partial charge in [-0.05, 0) is 65.6 Å². The number of carbonyl (C=O) groups excluding carboxylic acids is 1. The number of fused-ring (bicyclic) bond motifs is 1. The third-order valence-corrected chi connectivity index (χ3v) is 6.13. The molecule has 4 aromatic carbocycles. The molecule has 1 atom stereocenters. The standard InChI is InChI=1S/C30H23FN2O2/c1-19-27(33-30(35)23-9-7-20(8-10-23)21-11-14-26(31)15-12-21)16-13-24-17-25(18-32-28(19)24)29(34)22-5-3-2-4-6-22/h2-18,29,34H,1H3,(H,33,35). The quantitative estimate of drug-likeness (QED) is 0.306. The molecule has 0 radical (unpaired) electrons. The van der Waals surface area contributed by atoms with Crippen LogP contribution in [0.25, 0.3) is 22.0 Å². The number of aliphatic hydroxyl groups is 1. The van der Waals surface area contributed by atoms with Crippen LogP contribution in [-0.2, 0) is 0 Å². The predicted octanol–water partition coefficient (Wildman–Crippen LogP) is 6.68. The molecule has 35 heavy (non-hydrogen) atoms. The zero-order valence-electron chi connectivity index (χ0n) is 19.1. The lowest BCUT2D eigenvalue weighted by molar-refractivity contribution is 0.102. The first-order valence-electron chi connectivity index (χ1n) is 11.3. The van der Waals surface area contributed by atoms with Crippen molar-refractivity contribution in [3.8, 4) is 11.1 Å². The van der Waals surface area contributed by atoms with Gasteiger partial charge in [-0.3, -0.25) is 9.78 Å². The minimum Gasteiger partial charge on any atom is -0.384 e. The Kier molecular flexibility index (Phi) is 6.08. The van der Waals surface area contributed by atoms with E-state index in [0.717, 1.165) is 33.2 Å². The van der Waals surface area contributed by atoms with E-state index in [1.54, 1.807) is 30.5 Å². The summed E-state index contributed by atoms with van der Waals surface area (Å²) in [6.45, 7) is 1.91. The summed E-state index contributed by atoms with van der Waals surface area (Å²) in [6.07, 6.45) is 0.915. The number of aryl methyl sites for hydroxylation is 1. The normalized spacial score (nSPS) is 11.9. The van der Waals surface area contributed by atoms with Gasteiger partial charge in [-0.25, -0.2) is 4.39 Å². The maximum atomic E-state index is 13.2. The minimum atomic E-state index is -0.759. The van der Waals surface area contributed by atoms with Crippen molar-refractivity contribution < 1.29 is 14.3 Å². The monoisotopic (exact) mass is 462 g/mol. The fourth-order valence-electron chi connectivity index (χ4n) is 4.13. The Morgan fingerprint density at radius 1 is 0.857 bits per heavy atom. The zero-order valence-corrected chi connectivity index (χ0v) is 19.1. The Labute approximate surface area is 202 Å². The third kappa shape index (κ3) is 4.67. The van der Waals surface area contributed by atoms with Crippen LogP contribution in [0, 0.1) is 12.7 Å². The number of nitrogens with zero attached hydrogens (tertiary/aromatic N) is 1. The second-order valence-corrected chi connectivity index (χ2v) is 8.43. The molecular weight excluding hydrogens is 439 g/mol. The van der Waals surface area contributed by atoms with Gasteiger partial charge in [-0.15, -0.1) is 0 Å². The van der Waals surface area contributed by atoms with Gasteiger partial charge in [0.2, 0.25) is 0 Å². The predicted molar refractivity (Wildman–Crippen MR) is 137 cm³/mol. The average Bonchev–Trinajstić information content (AvgIpc) is 2.90. The van der Waals surface area contributed by atoms with E-state index in [1.165, 1.54) is 12.1 Å². The van der Waals surface area contributed by atoms with Gasteiger partial charge in [0.05, 0.1) is 5.52 Å². The number of aliphatic hydroxyl groups excluding tert-OH is 1. The van der Waals surface area contributed by atoms with Crippen molar-refractivity contribution in [3.05, 3.63) is 131 Å². The lowest BCUT2D eigenvalue weighted by Gasteiger charge is -2.14. The van der Waals surface area contributed by atoms with Gasteiger partial charge in [0.15, 0.2) is 0 Å². The number of pyridine rings is 1. The molecule has 1 heterocycles. The van der Waals surface area contributed by atoms with Crippen LogP contribution in [0.1, 0.15) is 33.2 Å². The average molecular weight is 463 g/mol. The van der Waals surface area contributed by atoms with Gasteiger partial charge in [0, 0.05) is 28.4 Å². The van der Waals surface area contributed by atoms with Gasteiger partial charge in [0.1, 0.15) is 11.9 Å². The van der Waals surface area contributed by atoms with Crippen molar-refractivity contribution in [2.75, 3.05) is 5.32 Å². The second-order valence-electron chi connectivity index (χ2n) is 8.43. The molecule has 0 aliphatic heterocycles. The highest BCUT2D eigenvalue weighted by Gasteiger charge is 2.14. The topological polar surface area (TPSA) is 62.2 Å². The molecule has 5 heteroatoms. The van der Waals surface area contributed by atoms with E-state index in [9.17, 15) is 14.3 Å². The van der Waals surface area contributed by atoms with Crippen LogP contribution in [-0.4, -0.2) is 16.0 Å². The Hall–Kier alpha value is -4.35. The van der Waals surface area contributed by atoms with Gasteiger partial charge < -0.3 is 10.4 Å². The Balaban J connectivity index is 1.35. The first-order valence-corrected chi connectivity index (χ1v) is 11.3. The molecule has 0 saturated heterocycles. The SMILES string of the molecule is Cc1c(NC(=O)c2ccc(-c3ccc(F)cc3)cc2)ccc2cc(C(O)c3ccccc3)cnc12. The van der Waals surface area contributed by atoms with Crippen molar-refractivity contribution in [1.82, 2.24) is 4.98 Å². The number of carbonyl (C=O) groups is 1. The van der Waals surface area contributed by atoms with Gasteiger partial charge in [0.25, 0.3) is 5.91 Å². The van der Waals surface area contributed by atoms with E-state index in [1.807, 2.05) is 67.6 Å². The van der Waals surface area contributed by atoms with E-state index in [0.29, 0.717) is 16.8 Å². The summed E-state index contributed by atoms with van der Waals surface area (Å²) >= 11 is 0. The molecule has 5 rings (SSSR count). The number of benzene rings is 4. The number of hydrogen-bond donors (Lipinski definition) is 2. The fraction of sp³-hybridized carbons (Fsp3) is 0.0667. The molecule has 2 N–H and O–H groups in total. The molecule has 0 saturated carbocycles. The number of nitrogens with one attached hydrogen (secondary N) is 1. The first-order chi connectivity index (χ1) is 17.0. The molecule has 172 valence electrons. The van der Waals surface area contributed by atoms with Crippen LogP contribution in [0.3, 0.4) is 0 Å². The van der Waals surface area contributed by atoms with Crippen LogP contribution >= 0.6 is 0 Å². The number of hydrogen-bond acceptors (Lipinski definition) is 3. The summed E-state index contributed by atoms with van der Waals surface area (Å²) in [5.74, 6) is -0.511. The molecule has 0 bridgehead atoms. The lowest BCUT2D eigenvalue weighted by atomic mass is 10.0. The highest BCUT2D eigenvalue weighted by Crippen LogP contribution is 2.29. The summed E-state index contributed by atoms with van der Waals surface area (Å²) in [4.78, 5) is 17.5. The molecule has 1 amide bonds. The molecule has 1 aromatic heterocycles. The van der Waals surface area contributed by atoms with Crippen molar-refractivity contribution in [3.63, 3.8) is 0 Å². The summed E-state index contributed by atoms with van der Waals surface area (Å²) in [5, 5.41) is 14.6. The van der Waals surface area contributed by atoms with E-state index in [-0.39, 0.29) is 11.7 Å². The Bertz CT molecular complexity index is 1500. The lowest BCUT2D eigenvalue weighted by Crippen LogP contribution is -2.13. The van der Waals surface area contributed by atoms with Crippen LogP contribution in [0.5, 0.6) is 0 Å². The highest BCUT2D eigenvalue weighted by atomic mass is 19.1. The molecule has 5 aromatic rings. The van der Waals surface area contributed by atoms with Crippen molar-refractivity contribution in [1.29, 1.82) is 0 Å². The van der Waals surface area contributed by atoms with Crippen LogP contribution in [0.2, 0.25) is 0 Å². The van der Waals surface area contributed by atoms with Gasteiger partial charge >= 0.3 is 0 Å². The summed E-state index contributed by atoms with van der Waals surface area (Å²) in [7, 11) is 0. The fourth-order valence-corrected chi connectivity index (χ4v) is 4.13. The molecule has 4 nitrogen and oxygen atoms in total.